The third kappa shape index (κ3) is 47.7. The number of allylic oxidation sites excluding steroid dienone is 11. The number of rotatable bonds is 45. The fourth-order valence-electron chi connectivity index (χ4n) is 7.03. The molecule has 0 saturated heterocycles. The highest BCUT2D eigenvalue weighted by molar-refractivity contribution is 5.72. The van der Waals surface area contributed by atoms with E-state index in [4.69, 9.17) is 14.2 Å². The van der Waals surface area contributed by atoms with Gasteiger partial charge in [-0.3, -0.25) is 14.4 Å². The summed E-state index contributed by atoms with van der Waals surface area (Å²) in [5.74, 6) is -1.05. The molecule has 6 nitrogen and oxygen atoms in total. The molecule has 6 heteroatoms. The second-order valence-electron chi connectivity index (χ2n) is 16.8. The van der Waals surface area contributed by atoms with Crippen molar-refractivity contribution in [1.29, 1.82) is 0 Å². The van der Waals surface area contributed by atoms with Gasteiger partial charge in [-0.05, 0) is 51.4 Å². The summed E-state index contributed by atoms with van der Waals surface area (Å²) in [6.45, 7) is 6.29. The van der Waals surface area contributed by atoms with Crippen molar-refractivity contribution in [2.75, 3.05) is 13.2 Å². The van der Waals surface area contributed by atoms with Gasteiger partial charge in [-0.2, -0.15) is 0 Å². The first kappa shape index (κ1) is 57.9. The molecule has 0 radical (unpaired) electrons. The van der Waals surface area contributed by atoms with Crippen molar-refractivity contribution < 1.29 is 28.6 Å². The maximum Gasteiger partial charge on any atom is 0.309 e. The van der Waals surface area contributed by atoms with Crippen molar-refractivity contribution >= 4 is 17.9 Å². The molecule has 0 spiro atoms. The van der Waals surface area contributed by atoms with Crippen LogP contribution in [0.2, 0.25) is 0 Å². The Morgan fingerprint density at radius 3 is 1.26 bits per heavy atom. The van der Waals surface area contributed by atoms with Crippen LogP contribution in [0.3, 0.4) is 0 Å². The molecule has 0 aromatic heterocycles. The minimum atomic E-state index is -0.814. The van der Waals surface area contributed by atoms with E-state index in [1.807, 2.05) is 6.08 Å². The molecule has 350 valence electrons. The summed E-state index contributed by atoms with van der Waals surface area (Å²) in [5, 5.41) is 0. The van der Waals surface area contributed by atoms with E-state index >= 15 is 0 Å². The molecule has 0 amide bonds. The summed E-state index contributed by atoms with van der Waals surface area (Å²) >= 11 is 0. The lowest BCUT2D eigenvalue weighted by atomic mass is 10.0. The van der Waals surface area contributed by atoms with Crippen molar-refractivity contribution in [2.24, 2.45) is 0 Å². The minimum Gasteiger partial charge on any atom is -0.462 e. The van der Waals surface area contributed by atoms with Gasteiger partial charge in [0.2, 0.25) is 0 Å². The van der Waals surface area contributed by atoms with E-state index in [-0.39, 0.29) is 31.6 Å². The number of carbonyl (C=O) groups excluding carboxylic acids is 3. The third-order valence-corrected chi connectivity index (χ3v) is 10.8. The van der Waals surface area contributed by atoms with Crippen LogP contribution in [0.1, 0.15) is 239 Å². The van der Waals surface area contributed by atoms with Crippen LogP contribution in [0.15, 0.2) is 72.9 Å². The lowest BCUT2D eigenvalue weighted by molar-refractivity contribution is -0.166. The number of carbonyl (C=O) groups is 3. The first-order valence-electron chi connectivity index (χ1n) is 25.5. The molecule has 0 bridgehead atoms. The molecular weight excluding hydrogens is 757 g/mol. The van der Waals surface area contributed by atoms with Gasteiger partial charge in [0.25, 0.3) is 0 Å². The Morgan fingerprint density at radius 1 is 0.377 bits per heavy atom. The smallest absolute Gasteiger partial charge is 0.309 e. The number of ether oxygens (including phenoxy) is 3. The second kappa shape index (κ2) is 49.5. The van der Waals surface area contributed by atoms with E-state index in [1.165, 1.54) is 122 Å². The molecule has 0 saturated carbocycles. The Morgan fingerprint density at radius 2 is 0.770 bits per heavy atom. The highest BCUT2D eigenvalue weighted by Gasteiger charge is 2.19. The molecular formula is C55H94O6. The summed E-state index contributed by atoms with van der Waals surface area (Å²) in [6, 6.07) is 0. The van der Waals surface area contributed by atoms with Gasteiger partial charge in [0, 0.05) is 12.8 Å². The standard InChI is InChI=1S/C55H94O6/c1-4-7-10-13-16-19-21-23-25-26-27-28-30-31-33-36-39-42-45-48-54(57)60-51-52(50-59-53(56)47-44-41-38-35-18-15-12-9-6-3)61-55(58)49-46-43-40-37-34-32-29-24-22-20-17-14-11-8-5-2/h8-9,11-12,14,17-18,20,22,35,41,44,52H,4-7,10,13,15-16,19,21,23-34,36-40,42-43,45-51H2,1-3H3/b11-8-,12-9-,17-14-,22-20-,35-18-,44-41-. The SMILES string of the molecule is CC\C=C/C=C\C=C/CCCCCCCCCC(=O)OC(COC(=O)C/C=C\C/C=C\C/C=C\CC)COC(=O)CCCCCCCCCCCCCCCCCCCCC. The monoisotopic (exact) mass is 851 g/mol. The Balaban J connectivity index is 4.33. The van der Waals surface area contributed by atoms with Gasteiger partial charge in [0.1, 0.15) is 13.2 Å². The Bertz CT molecular complexity index is 1160. The van der Waals surface area contributed by atoms with Crippen LogP contribution in [-0.2, 0) is 28.6 Å². The lowest BCUT2D eigenvalue weighted by Crippen LogP contribution is -2.30. The normalized spacial score (nSPS) is 12.6. The molecule has 0 heterocycles. The first-order valence-corrected chi connectivity index (χ1v) is 25.5. The fourth-order valence-corrected chi connectivity index (χ4v) is 7.03. The zero-order chi connectivity index (χ0) is 44.4. The molecule has 0 aliphatic carbocycles. The molecule has 1 unspecified atom stereocenters. The number of hydrogen-bond donors (Lipinski definition) is 0. The van der Waals surface area contributed by atoms with Gasteiger partial charge in [-0.1, -0.05) is 241 Å². The van der Waals surface area contributed by atoms with Gasteiger partial charge in [-0.25, -0.2) is 0 Å². The van der Waals surface area contributed by atoms with Gasteiger partial charge < -0.3 is 14.2 Å². The second-order valence-corrected chi connectivity index (χ2v) is 16.8. The molecule has 0 rings (SSSR count). The van der Waals surface area contributed by atoms with E-state index < -0.39 is 12.1 Å². The molecule has 0 aliphatic rings. The molecule has 0 fully saturated rings. The average molecular weight is 851 g/mol. The van der Waals surface area contributed by atoms with E-state index in [0.29, 0.717) is 12.8 Å². The fraction of sp³-hybridized carbons (Fsp3) is 0.727. The Kier molecular flexibility index (Phi) is 46.9. The number of unbranched alkanes of at least 4 members (excludes halogenated alkanes) is 25. The quantitative estimate of drug-likeness (QED) is 0.0200. The van der Waals surface area contributed by atoms with Gasteiger partial charge in [0.15, 0.2) is 6.10 Å². The van der Waals surface area contributed by atoms with Crippen molar-refractivity contribution in [3.05, 3.63) is 72.9 Å². The third-order valence-electron chi connectivity index (χ3n) is 10.8. The van der Waals surface area contributed by atoms with E-state index in [2.05, 4.69) is 81.5 Å². The lowest BCUT2D eigenvalue weighted by Gasteiger charge is -2.18. The van der Waals surface area contributed by atoms with E-state index in [0.717, 1.165) is 77.0 Å². The summed E-state index contributed by atoms with van der Waals surface area (Å²) in [5.41, 5.74) is 0. The predicted octanol–water partition coefficient (Wildman–Crippen LogP) is 16.6. The molecule has 0 aliphatic heterocycles. The Hall–Kier alpha value is -3.15. The van der Waals surface area contributed by atoms with Gasteiger partial charge >= 0.3 is 17.9 Å². The molecule has 1 atom stereocenters. The van der Waals surface area contributed by atoms with Crippen molar-refractivity contribution in [1.82, 2.24) is 0 Å². The number of hydrogen-bond acceptors (Lipinski definition) is 6. The average Bonchev–Trinajstić information content (AvgIpc) is 3.26. The Labute approximate surface area is 376 Å². The first-order chi connectivity index (χ1) is 30.0. The maximum atomic E-state index is 12.8. The van der Waals surface area contributed by atoms with Crippen molar-refractivity contribution in [3.8, 4) is 0 Å². The predicted molar refractivity (Wildman–Crippen MR) is 261 cm³/mol. The summed E-state index contributed by atoms with van der Waals surface area (Å²) in [4.78, 5) is 37.8. The zero-order valence-electron chi connectivity index (χ0n) is 39.9. The minimum absolute atomic E-state index is 0.106. The van der Waals surface area contributed by atoms with Crippen molar-refractivity contribution in [2.45, 2.75) is 245 Å². The van der Waals surface area contributed by atoms with Crippen LogP contribution in [0.25, 0.3) is 0 Å². The highest BCUT2D eigenvalue weighted by atomic mass is 16.6. The van der Waals surface area contributed by atoms with Crippen LogP contribution >= 0.6 is 0 Å². The van der Waals surface area contributed by atoms with Crippen LogP contribution in [0.4, 0.5) is 0 Å². The van der Waals surface area contributed by atoms with Crippen molar-refractivity contribution in [3.63, 3.8) is 0 Å². The maximum absolute atomic E-state index is 12.8. The largest absolute Gasteiger partial charge is 0.462 e. The summed E-state index contributed by atoms with van der Waals surface area (Å²) in [6.07, 6.45) is 62.2. The van der Waals surface area contributed by atoms with Crippen LogP contribution < -0.4 is 0 Å². The van der Waals surface area contributed by atoms with Crippen LogP contribution in [-0.4, -0.2) is 37.2 Å². The van der Waals surface area contributed by atoms with Gasteiger partial charge in [-0.15, -0.1) is 0 Å². The molecule has 61 heavy (non-hydrogen) atoms. The zero-order valence-corrected chi connectivity index (χ0v) is 39.9. The van der Waals surface area contributed by atoms with Gasteiger partial charge in [0.05, 0.1) is 6.42 Å². The molecule has 0 aromatic rings. The van der Waals surface area contributed by atoms with Crippen LogP contribution in [0, 0.1) is 0 Å². The number of esters is 3. The molecule has 0 N–H and O–H groups in total. The molecule has 0 aromatic carbocycles. The van der Waals surface area contributed by atoms with E-state index in [9.17, 15) is 14.4 Å². The summed E-state index contributed by atoms with van der Waals surface area (Å²) in [7, 11) is 0. The topological polar surface area (TPSA) is 78.9 Å². The van der Waals surface area contributed by atoms with Crippen LogP contribution in [0.5, 0.6) is 0 Å². The van der Waals surface area contributed by atoms with E-state index in [1.54, 1.807) is 6.08 Å². The summed E-state index contributed by atoms with van der Waals surface area (Å²) < 4.78 is 16.6. The highest BCUT2D eigenvalue weighted by Crippen LogP contribution is 2.16.